The summed E-state index contributed by atoms with van der Waals surface area (Å²) in [5.41, 5.74) is 1.40. The van der Waals surface area contributed by atoms with Gasteiger partial charge in [-0.25, -0.2) is 9.50 Å². The molecular weight excluding hydrogens is 292 g/mol. The van der Waals surface area contributed by atoms with Gasteiger partial charge < -0.3 is 4.42 Å². The Morgan fingerprint density at radius 2 is 2.30 bits per heavy atom. The van der Waals surface area contributed by atoms with Crippen molar-refractivity contribution >= 4 is 5.65 Å². The number of likely N-dealkylation sites (tertiary alicyclic amines) is 1. The van der Waals surface area contributed by atoms with Crippen LogP contribution in [0.5, 0.6) is 0 Å². The molecule has 4 rings (SSSR count). The van der Waals surface area contributed by atoms with Gasteiger partial charge in [-0.2, -0.15) is 0 Å². The zero-order chi connectivity index (χ0) is 15.8. The number of furan rings is 1. The van der Waals surface area contributed by atoms with E-state index in [9.17, 15) is 4.79 Å². The fraction of sp³-hybridized carbons (Fsp3) is 0.412. The molecule has 1 N–H and O–H groups in total. The van der Waals surface area contributed by atoms with Gasteiger partial charge in [-0.1, -0.05) is 6.92 Å². The molecule has 0 amide bonds. The van der Waals surface area contributed by atoms with Crippen molar-refractivity contribution < 1.29 is 4.42 Å². The summed E-state index contributed by atoms with van der Waals surface area (Å²) in [6.45, 7) is 3.77. The maximum absolute atomic E-state index is 12.1. The van der Waals surface area contributed by atoms with E-state index >= 15 is 0 Å². The second-order valence-corrected chi connectivity index (χ2v) is 6.03. The Balaban J connectivity index is 1.59. The average molecular weight is 312 g/mol. The first-order valence-electron chi connectivity index (χ1n) is 8.13. The van der Waals surface area contributed by atoms with E-state index < -0.39 is 0 Å². The van der Waals surface area contributed by atoms with Crippen LogP contribution in [0.1, 0.15) is 43.0 Å². The van der Waals surface area contributed by atoms with Gasteiger partial charge in [0.15, 0.2) is 5.65 Å². The van der Waals surface area contributed by atoms with Crippen LogP contribution < -0.4 is 5.56 Å². The van der Waals surface area contributed by atoms with Crippen molar-refractivity contribution in [2.24, 2.45) is 0 Å². The number of nitrogens with one attached hydrogen (secondary N) is 1. The molecule has 3 aromatic rings. The molecule has 0 bridgehead atoms. The van der Waals surface area contributed by atoms with E-state index in [0.29, 0.717) is 12.2 Å². The van der Waals surface area contributed by atoms with Crippen molar-refractivity contribution in [2.45, 2.75) is 38.8 Å². The van der Waals surface area contributed by atoms with Crippen LogP contribution >= 0.6 is 0 Å². The van der Waals surface area contributed by atoms with Gasteiger partial charge in [0.2, 0.25) is 0 Å². The Kier molecular flexibility index (Phi) is 3.53. The van der Waals surface area contributed by atoms with Crippen LogP contribution in [-0.4, -0.2) is 26.0 Å². The van der Waals surface area contributed by atoms with Gasteiger partial charge in [-0.05, 0) is 31.5 Å². The van der Waals surface area contributed by atoms with Crippen LogP contribution in [0, 0.1) is 0 Å². The first kappa shape index (κ1) is 14.3. The van der Waals surface area contributed by atoms with Crippen LogP contribution in [0.25, 0.3) is 5.65 Å². The number of aryl methyl sites for hydroxylation is 1. The minimum atomic E-state index is -0.0722. The van der Waals surface area contributed by atoms with Gasteiger partial charge >= 0.3 is 0 Å². The maximum atomic E-state index is 12.1. The zero-order valence-electron chi connectivity index (χ0n) is 13.2. The number of aromatic amines is 1. The zero-order valence-corrected chi connectivity index (χ0v) is 13.2. The van der Waals surface area contributed by atoms with Crippen molar-refractivity contribution in [1.82, 2.24) is 19.5 Å². The quantitative estimate of drug-likeness (QED) is 0.804. The lowest BCUT2D eigenvalue weighted by Gasteiger charge is -2.22. The number of hydrogen-bond donors (Lipinski definition) is 1. The lowest BCUT2D eigenvalue weighted by atomic mass is 10.1. The molecular formula is C17H20N4O2. The fourth-order valence-corrected chi connectivity index (χ4v) is 3.37. The van der Waals surface area contributed by atoms with Crippen LogP contribution in [-0.2, 0) is 13.0 Å². The Labute approximate surface area is 133 Å². The Morgan fingerprint density at radius 1 is 1.39 bits per heavy atom. The molecule has 0 aliphatic carbocycles. The molecule has 0 radical (unpaired) electrons. The summed E-state index contributed by atoms with van der Waals surface area (Å²) in [5, 5.41) is 2.87. The highest BCUT2D eigenvalue weighted by atomic mass is 16.3. The van der Waals surface area contributed by atoms with E-state index in [1.807, 2.05) is 6.07 Å². The summed E-state index contributed by atoms with van der Waals surface area (Å²) in [5.74, 6) is 2.05. The van der Waals surface area contributed by atoms with Gasteiger partial charge in [0.05, 0.1) is 11.7 Å². The summed E-state index contributed by atoms with van der Waals surface area (Å²) in [6, 6.07) is 7.84. The summed E-state index contributed by atoms with van der Waals surface area (Å²) in [7, 11) is 0. The second kappa shape index (κ2) is 5.70. The van der Waals surface area contributed by atoms with Crippen molar-refractivity contribution in [3.05, 3.63) is 58.0 Å². The minimum absolute atomic E-state index is 0.0722. The number of hydrogen-bond acceptors (Lipinski definition) is 4. The summed E-state index contributed by atoms with van der Waals surface area (Å²) in [6.07, 6.45) is 4.86. The molecule has 1 saturated heterocycles. The molecule has 120 valence electrons. The van der Waals surface area contributed by atoms with Gasteiger partial charge in [0.25, 0.3) is 5.56 Å². The lowest BCUT2D eigenvalue weighted by Crippen LogP contribution is -2.25. The second-order valence-electron chi connectivity index (χ2n) is 6.03. The number of nitrogens with zero attached hydrogens (tertiary/aromatic N) is 3. The summed E-state index contributed by atoms with van der Waals surface area (Å²) in [4.78, 5) is 19.0. The molecule has 1 atom stereocenters. The molecule has 1 unspecified atom stereocenters. The molecule has 6 heteroatoms. The first-order valence-corrected chi connectivity index (χ1v) is 8.13. The summed E-state index contributed by atoms with van der Waals surface area (Å²) < 4.78 is 7.38. The SMILES string of the molecule is CCc1ccc(C2CCCN2Cc2cc(=O)n3[nH]ccc3n2)o1. The van der Waals surface area contributed by atoms with Crippen molar-refractivity contribution in [3.8, 4) is 0 Å². The van der Waals surface area contributed by atoms with Gasteiger partial charge in [0.1, 0.15) is 11.5 Å². The Morgan fingerprint density at radius 3 is 3.13 bits per heavy atom. The molecule has 1 aliphatic rings. The molecule has 6 nitrogen and oxygen atoms in total. The van der Waals surface area contributed by atoms with E-state index in [-0.39, 0.29) is 11.6 Å². The van der Waals surface area contributed by atoms with E-state index in [1.54, 1.807) is 12.3 Å². The van der Waals surface area contributed by atoms with Gasteiger partial charge in [-0.3, -0.25) is 14.8 Å². The number of aromatic nitrogens is 3. The van der Waals surface area contributed by atoms with Crippen LogP contribution in [0.4, 0.5) is 0 Å². The molecule has 1 fully saturated rings. The largest absolute Gasteiger partial charge is 0.464 e. The highest BCUT2D eigenvalue weighted by Gasteiger charge is 2.28. The Bertz CT molecular complexity index is 876. The van der Waals surface area contributed by atoms with Crippen molar-refractivity contribution in [2.75, 3.05) is 6.54 Å². The highest BCUT2D eigenvalue weighted by molar-refractivity contribution is 5.36. The lowest BCUT2D eigenvalue weighted by molar-refractivity contribution is 0.216. The normalized spacial score (nSPS) is 18.9. The topological polar surface area (TPSA) is 66.5 Å². The van der Waals surface area contributed by atoms with Gasteiger partial charge in [-0.15, -0.1) is 0 Å². The van der Waals surface area contributed by atoms with E-state index in [1.165, 1.54) is 4.52 Å². The Hall–Kier alpha value is -2.34. The molecule has 1 aliphatic heterocycles. The van der Waals surface area contributed by atoms with E-state index in [4.69, 9.17) is 4.42 Å². The number of fused-ring (bicyclic) bond motifs is 1. The van der Waals surface area contributed by atoms with Crippen LogP contribution in [0.15, 0.2) is 39.7 Å². The van der Waals surface area contributed by atoms with Crippen molar-refractivity contribution in [3.63, 3.8) is 0 Å². The molecule has 0 aromatic carbocycles. The molecule has 0 saturated carbocycles. The van der Waals surface area contributed by atoms with E-state index in [0.717, 1.165) is 43.0 Å². The third-order valence-corrected chi connectivity index (χ3v) is 4.52. The molecule has 0 spiro atoms. The fourth-order valence-electron chi connectivity index (χ4n) is 3.37. The number of rotatable bonds is 4. The number of H-pyrrole nitrogens is 1. The maximum Gasteiger partial charge on any atom is 0.272 e. The van der Waals surface area contributed by atoms with Crippen molar-refractivity contribution in [1.29, 1.82) is 0 Å². The van der Waals surface area contributed by atoms with Crippen LogP contribution in [0.3, 0.4) is 0 Å². The van der Waals surface area contributed by atoms with Gasteiger partial charge in [0, 0.05) is 31.3 Å². The smallest absolute Gasteiger partial charge is 0.272 e. The molecule has 3 aromatic heterocycles. The average Bonchev–Trinajstić information content (AvgIpc) is 3.26. The molecule has 23 heavy (non-hydrogen) atoms. The third kappa shape index (κ3) is 2.59. The summed E-state index contributed by atoms with van der Waals surface area (Å²) >= 11 is 0. The monoisotopic (exact) mass is 312 g/mol. The minimum Gasteiger partial charge on any atom is -0.464 e. The third-order valence-electron chi connectivity index (χ3n) is 4.52. The van der Waals surface area contributed by atoms with Crippen LogP contribution in [0.2, 0.25) is 0 Å². The molecule has 4 heterocycles. The highest BCUT2D eigenvalue weighted by Crippen LogP contribution is 2.33. The standard InChI is InChI=1S/C17H20N4O2/c1-2-13-5-6-15(23-13)14-4-3-9-20(14)11-12-10-17(22)21-16(19-12)7-8-18-21/h5-8,10,14,18H,2-4,9,11H2,1H3. The first-order chi connectivity index (χ1) is 11.2. The predicted octanol–water partition coefficient (Wildman–Crippen LogP) is 2.52. The van der Waals surface area contributed by atoms with E-state index in [2.05, 4.69) is 34.0 Å². The predicted molar refractivity (Wildman–Crippen MR) is 86.3 cm³/mol.